The zero-order valence-corrected chi connectivity index (χ0v) is 12.0. The Hall–Kier alpha value is -1.71. The van der Waals surface area contributed by atoms with E-state index < -0.39 is 6.10 Å². The third kappa shape index (κ3) is 4.15. The van der Waals surface area contributed by atoms with E-state index in [2.05, 4.69) is 0 Å². The van der Waals surface area contributed by atoms with Crippen LogP contribution in [-0.4, -0.2) is 24.9 Å². The fourth-order valence-corrected chi connectivity index (χ4v) is 2.11. The summed E-state index contributed by atoms with van der Waals surface area (Å²) in [5.41, 5.74) is 0.956. The van der Waals surface area contributed by atoms with Gasteiger partial charge in [0.15, 0.2) is 0 Å². The van der Waals surface area contributed by atoms with E-state index in [4.69, 9.17) is 21.1 Å². The molecule has 0 aliphatic carbocycles. The predicted molar refractivity (Wildman–Crippen MR) is 79.7 cm³/mol. The number of para-hydroxylation sites is 1. The first kappa shape index (κ1) is 14.7. The summed E-state index contributed by atoms with van der Waals surface area (Å²) in [4.78, 5) is 0. The number of aliphatic hydroxyl groups excluding tert-OH is 1. The Labute approximate surface area is 123 Å². The van der Waals surface area contributed by atoms with Gasteiger partial charge >= 0.3 is 0 Å². The SMILES string of the molecule is COc1ccccc1CC(O)COc1cccc(Cl)c1. The van der Waals surface area contributed by atoms with Crippen molar-refractivity contribution in [3.8, 4) is 11.5 Å². The number of aliphatic hydroxyl groups is 1. The molecule has 2 aromatic rings. The maximum Gasteiger partial charge on any atom is 0.122 e. The summed E-state index contributed by atoms with van der Waals surface area (Å²) in [7, 11) is 1.62. The standard InChI is InChI=1S/C16H17ClO3/c1-19-16-8-3-2-5-12(16)9-14(18)11-20-15-7-4-6-13(17)10-15/h2-8,10,14,18H,9,11H2,1H3. The number of methoxy groups -OCH3 is 1. The van der Waals surface area contributed by atoms with Crippen LogP contribution in [0.3, 0.4) is 0 Å². The van der Waals surface area contributed by atoms with Crippen LogP contribution in [0.25, 0.3) is 0 Å². The molecule has 0 aliphatic rings. The number of hydrogen-bond acceptors (Lipinski definition) is 3. The van der Waals surface area contributed by atoms with E-state index in [-0.39, 0.29) is 6.61 Å². The number of halogens is 1. The van der Waals surface area contributed by atoms with Crippen molar-refractivity contribution in [1.82, 2.24) is 0 Å². The molecule has 2 rings (SSSR count). The predicted octanol–water partition coefficient (Wildman–Crippen LogP) is 3.33. The van der Waals surface area contributed by atoms with Gasteiger partial charge in [0.25, 0.3) is 0 Å². The minimum atomic E-state index is -0.606. The van der Waals surface area contributed by atoms with Gasteiger partial charge in [-0.1, -0.05) is 35.9 Å². The molecule has 0 aromatic heterocycles. The fraction of sp³-hybridized carbons (Fsp3) is 0.250. The van der Waals surface area contributed by atoms with E-state index >= 15 is 0 Å². The second kappa shape index (κ2) is 7.17. The molecule has 0 fully saturated rings. The number of ether oxygens (including phenoxy) is 2. The molecule has 0 saturated heterocycles. The summed E-state index contributed by atoms with van der Waals surface area (Å²) < 4.78 is 10.8. The third-order valence-corrected chi connectivity index (χ3v) is 3.12. The number of benzene rings is 2. The van der Waals surface area contributed by atoms with Gasteiger partial charge in [0.05, 0.1) is 13.2 Å². The van der Waals surface area contributed by atoms with Gasteiger partial charge in [0.1, 0.15) is 18.1 Å². The van der Waals surface area contributed by atoms with Crippen molar-refractivity contribution in [2.75, 3.05) is 13.7 Å². The van der Waals surface area contributed by atoms with E-state index in [1.807, 2.05) is 36.4 Å². The zero-order chi connectivity index (χ0) is 14.4. The van der Waals surface area contributed by atoms with E-state index in [1.54, 1.807) is 19.2 Å². The summed E-state index contributed by atoms with van der Waals surface area (Å²) in [5, 5.41) is 10.7. The Balaban J connectivity index is 1.91. The molecule has 2 aromatic carbocycles. The van der Waals surface area contributed by atoms with Crippen molar-refractivity contribution in [3.05, 3.63) is 59.1 Å². The van der Waals surface area contributed by atoms with Crippen LogP contribution < -0.4 is 9.47 Å². The normalized spacial score (nSPS) is 11.9. The first-order valence-electron chi connectivity index (χ1n) is 6.37. The topological polar surface area (TPSA) is 38.7 Å². The number of hydrogen-bond donors (Lipinski definition) is 1. The Kier molecular flexibility index (Phi) is 5.27. The molecular formula is C16H17ClO3. The van der Waals surface area contributed by atoms with Gasteiger partial charge in [-0.15, -0.1) is 0 Å². The highest BCUT2D eigenvalue weighted by molar-refractivity contribution is 6.30. The molecular weight excluding hydrogens is 276 g/mol. The van der Waals surface area contributed by atoms with Gasteiger partial charge in [0.2, 0.25) is 0 Å². The quantitative estimate of drug-likeness (QED) is 0.887. The Morgan fingerprint density at radius 1 is 1.15 bits per heavy atom. The van der Waals surface area contributed by atoms with E-state index in [9.17, 15) is 5.11 Å². The van der Waals surface area contributed by atoms with Gasteiger partial charge in [0, 0.05) is 11.4 Å². The van der Waals surface area contributed by atoms with Gasteiger partial charge in [-0.25, -0.2) is 0 Å². The molecule has 0 heterocycles. The molecule has 1 atom stereocenters. The van der Waals surface area contributed by atoms with Crippen LogP contribution >= 0.6 is 11.6 Å². The largest absolute Gasteiger partial charge is 0.496 e. The molecule has 1 unspecified atom stereocenters. The van der Waals surface area contributed by atoms with E-state index in [1.165, 1.54) is 0 Å². The van der Waals surface area contributed by atoms with Gasteiger partial charge in [-0.2, -0.15) is 0 Å². The minimum absolute atomic E-state index is 0.207. The molecule has 106 valence electrons. The molecule has 3 nitrogen and oxygen atoms in total. The van der Waals surface area contributed by atoms with Crippen LogP contribution in [0.4, 0.5) is 0 Å². The Morgan fingerprint density at radius 2 is 1.95 bits per heavy atom. The molecule has 20 heavy (non-hydrogen) atoms. The molecule has 0 radical (unpaired) electrons. The highest BCUT2D eigenvalue weighted by Crippen LogP contribution is 2.20. The lowest BCUT2D eigenvalue weighted by atomic mass is 10.1. The van der Waals surface area contributed by atoms with Crippen LogP contribution in [0.5, 0.6) is 11.5 Å². The minimum Gasteiger partial charge on any atom is -0.496 e. The molecule has 0 spiro atoms. The van der Waals surface area contributed by atoms with Crippen molar-refractivity contribution in [2.45, 2.75) is 12.5 Å². The van der Waals surface area contributed by atoms with Crippen molar-refractivity contribution >= 4 is 11.6 Å². The highest BCUT2D eigenvalue weighted by atomic mass is 35.5. The summed E-state index contributed by atoms with van der Waals surface area (Å²) in [6.07, 6.45) is -0.129. The third-order valence-electron chi connectivity index (χ3n) is 2.89. The zero-order valence-electron chi connectivity index (χ0n) is 11.3. The van der Waals surface area contributed by atoms with E-state index in [0.717, 1.165) is 11.3 Å². The van der Waals surface area contributed by atoms with Crippen molar-refractivity contribution in [3.63, 3.8) is 0 Å². The highest BCUT2D eigenvalue weighted by Gasteiger charge is 2.10. The average molecular weight is 293 g/mol. The second-order valence-electron chi connectivity index (χ2n) is 4.44. The fourth-order valence-electron chi connectivity index (χ4n) is 1.93. The molecule has 0 bridgehead atoms. The van der Waals surface area contributed by atoms with Crippen LogP contribution in [0.1, 0.15) is 5.56 Å². The summed E-state index contributed by atoms with van der Waals surface area (Å²) in [5.74, 6) is 1.42. The number of rotatable bonds is 6. The molecule has 0 saturated carbocycles. The Morgan fingerprint density at radius 3 is 2.70 bits per heavy atom. The molecule has 4 heteroatoms. The van der Waals surface area contributed by atoms with Gasteiger partial charge in [-0.3, -0.25) is 0 Å². The van der Waals surface area contributed by atoms with Crippen molar-refractivity contribution in [2.24, 2.45) is 0 Å². The molecule has 0 amide bonds. The second-order valence-corrected chi connectivity index (χ2v) is 4.87. The van der Waals surface area contributed by atoms with Crippen molar-refractivity contribution < 1.29 is 14.6 Å². The van der Waals surface area contributed by atoms with Gasteiger partial charge in [-0.05, 0) is 29.8 Å². The summed E-state index contributed by atoms with van der Waals surface area (Å²) in [6, 6.07) is 14.7. The molecule has 1 N–H and O–H groups in total. The monoisotopic (exact) mass is 292 g/mol. The van der Waals surface area contributed by atoms with Crippen LogP contribution in [0, 0.1) is 0 Å². The maximum atomic E-state index is 10.0. The lowest BCUT2D eigenvalue weighted by Gasteiger charge is -2.14. The summed E-state index contributed by atoms with van der Waals surface area (Å²) in [6.45, 7) is 0.207. The van der Waals surface area contributed by atoms with Crippen molar-refractivity contribution in [1.29, 1.82) is 0 Å². The van der Waals surface area contributed by atoms with Gasteiger partial charge < -0.3 is 14.6 Å². The Bertz CT molecular complexity index is 557. The smallest absolute Gasteiger partial charge is 0.122 e. The lowest BCUT2D eigenvalue weighted by Crippen LogP contribution is -2.20. The van der Waals surface area contributed by atoms with Crippen LogP contribution in [0.2, 0.25) is 5.02 Å². The van der Waals surface area contributed by atoms with Crippen LogP contribution in [0.15, 0.2) is 48.5 Å². The average Bonchev–Trinajstić information content (AvgIpc) is 2.46. The van der Waals surface area contributed by atoms with E-state index in [0.29, 0.717) is 17.2 Å². The van der Waals surface area contributed by atoms with Crippen LogP contribution in [-0.2, 0) is 6.42 Å². The first-order chi connectivity index (χ1) is 9.69. The lowest BCUT2D eigenvalue weighted by molar-refractivity contribution is 0.107. The maximum absolute atomic E-state index is 10.0. The first-order valence-corrected chi connectivity index (χ1v) is 6.75. The molecule has 0 aliphatic heterocycles. The summed E-state index contributed by atoms with van der Waals surface area (Å²) >= 11 is 5.87.